The highest BCUT2D eigenvalue weighted by atomic mass is 14.2. The Balaban J connectivity index is 1.81. The molecular formula is C25H16. The van der Waals surface area contributed by atoms with Gasteiger partial charge < -0.3 is 0 Å². The summed E-state index contributed by atoms with van der Waals surface area (Å²) in [7, 11) is 0. The van der Waals surface area contributed by atoms with Crippen LogP contribution < -0.4 is 0 Å². The van der Waals surface area contributed by atoms with E-state index in [2.05, 4.69) is 84.9 Å². The first-order valence-corrected chi connectivity index (χ1v) is 8.84. The van der Waals surface area contributed by atoms with Gasteiger partial charge in [0.1, 0.15) is 0 Å². The third kappa shape index (κ3) is 1.82. The second kappa shape index (κ2) is 4.70. The van der Waals surface area contributed by atoms with Crippen LogP contribution in [0.15, 0.2) is 78.9 Å². The molecule has 0 unspecified atom stereocenters. The number of rotatable bonds is 0. The molecule has 1 aliphatic rings. The number of fused-ring (bicyclic) bond motifs is 4. The van der Waals surface area contributed by atoms with Gasteiger partial charge in [-0.3, -0.25) is 0 Å². The van der Waals surface area contributed by atoms with Gasteiger partial charge in [-0.1, -0.05) is 54.6 Å². The minimum atomic E-state index is 1.02. The molecule has 116 valence electrons. The minimum absolute atomic E-state index is 1.02. The van der Waals surface area contributed by atoms with Crippen LogP contribution in [0.1, 0.15) is 11.1 Å². The van der Waals surface area contributed by atoms with E-state index in [0.29, 0.717) is 0 Å². The van der Waals surface area contributed by atoms with Crippen LogP contribution in [0.5, 0.6) is 0 Å². The van der Waals surface area contributed by atoms with Gasteiger partial charge in [-0.05, 0) is 91.0 Å². The molecule has 0 bridgehead atoms. The molecule has 0 aromatic heterocycles. The number of hydrogen-bond acceptors (Lipinski definition) is 0. The van der Waals surface area contributed by atoms with Crippen molar-refractivity contribution in [2.24, 2.45) is 0 Å². The first-order valence-electron chi connectivity index (χ1n) is 8.84. The van der Waals surface area contributed by atoms with Gasteiger partial charge in [0.05, 0.1) is 0 Å². The summed E-state index contributed by atoms with van der Waals surface area (Å²) in [6, 6.07) is 27.0. The van der Waals surface area contributed by atoms with E-state index >= 15 is 0 Å². The van der Waals surface area contributed by atoms with Crippen LogP contribution in [0.25, 0.3) is 49.2 Å². The standard InChI is InChI=1S/C25H16/c1-2-6-18-12-21-15-24-22(14-20(21)11-17(18)5-1)13-19-9-3-7-16-8-4-10-23(24)25(16)19/h1-9,11-15H,10H2. The average Bonchev–Trinajstić information content (AvgIpc) is 2.65. The summed E-state index contributed by atoms with van der Waals surface area (Å²) in [6.45, 7) is 0. The SMILES string of the molecule is C1=Cc2cccc3cc4cc5cc6ccccc6cc5cc4c(c23)C1. The van der Waals surface area contributed by atoms with Crippen molar-refractivity contribution in [2.45, 2.75) is 6.42 Å². The first-order chi connectivity index (χ1) is 12.4. The van der Waals surface area contributed by atoms with Crippen LogP contribution in [-0.4, -0.2) is 0 Å². The van der Waals surface area contributed by atoms with Crippen molar-refractivity contribution in [2.75, 3.05) is 0 Å². The zero-order chi connectivity index (χ0) is 16.4. The molecule has 0 saturated carbocycles. The van der Waals surface area contributed by atoms with Crippen molar-refractivity contribution < 1.29 is 0 Å². The maximum Gasteiger partial charge on any atom is -0.00699 e. The average molecular weight is 316 g/mol. The highest BCUT2D eigenvalue weighted by Gasteiger charge is 2.13. The molecule has 6 rings (SSSR count). The van der Waals surface area contributed by atoms with Gasteiger partial charge in [0.25, 0.3) is 0 Å². The summed E-state index contributed by atoms with van der Waals surface area (Å²) in [5.74, 6) is 0. The largest absolute Gasteiger partial charge is 0.0795 e. The smallest absolute Gasteiger partial charge is 0.00699 e. The van der Waals surface area contributed by atoms with Gasteiger partial charge in [-0.25, -0.2) is 0 Å². The monoisotopic (exact) mass is 316 g/mol. The lowest BCUT2D eigenvalue weighted by atomic mass is 9.87. The van der Waals surface area contributed by atoms with Crippen LogP contribution in [0.4, 0.5) is 0 Å². The second-order valence-corrected chi connectivity index (χ2v) is 7.03. The van der Waals surface area contributed by atoms with Gasteiger partial charge in [-0.2, -0.15) is 0 Å². The van der Waals surface area contributed by atoms with E-state index in [1.54, 1.807) is 0 Å². The molecule has 5 aromatic rings. The Morgan fingerprint density at radius 2 is 1.24 bits per heavy atom. The fraction of sp³-hybridized carbons (Fsp3) is 0.0400. The normalized spacial score (nSPS) is 13.3. The molecule has 0 nitrogen and oxygen atoms in total. The summed E-state index contributed by atoms with van der Waals surface area (Å²) in [4.78, 5) is 0. The van der Waals surface area contributed by atoms with Crippen LogP contribution in [0, 0.1) is 0 Å². The van der Waals surface area contributed by atoms with Crippen molar-refractivity contribution in [1.82, 2.24) is 0 Å². The zero-order valence-corrected chi connectivity index (χ0v) is 13.8. The molecule has 1 aliphatic carbocycles. The molecule has 0 N–H and O–H groups in total. The molecule has 0 heterocycles. The molecular weight excluding hydrogens is 300 g/mol. The lowest BCUT2D eigenvalue weighted by molar-refractivity contribution is 1.32. The van der Waals surface area contributed by atoms with Crippen LogP contribution >= 0.6 is 0 Å². The van der Waals surface area contributed by atoms with E-state index in [4.69, 9.17) is 0 Å². The summed E-state index contributed by atoms with van der Waals surface area (Å²) in [5, 5.41) is 10.8. The van der Waals surface area contributed by atoms with Crippen molar-refractivity contribution in [3.63, 3.8) is 0 Å². The van der Waals surface area contributed by atoms with E-state index in [0.717, 1.165) is 6.42 Å². The fourth-order valence-corrected chi connectivity index (χ4v) is 4.40. The zero-order valence-electron chi connectivity index (χ0n) is 13.8. The lowest BCUT2D eigenvalue weighted by Crippen LogP contribution is -1.95. The van der Waals surface area contributed by atoms with E-state index in [1.165, 1.54) is 54.2 Å². The van der Waals surface area contributed by atoms with Crippen molar-refractivity contribution in [1.29, 1.82) is 0 Å². The summed E-state index contributed by atoms with van der Waals surface area (Å²) < 4.78 is 0. The van der Waals surface area contributed by atoms with Crippen molar-refractivity contribution >= 4 is 49.2 Å². The molecule has 0 atom stereocenters. The molecule has 0 radical (unpaired) electrons. The van der Waals surface area contributed by atoms with Crippen LogP contribution in [0.3, 0.4) is 0 Å². The Morgan fingerprint density at radius 1 is 0.560 bits per heavy atom. The summed E-state index contributed by atoms with van der Waals surface area (Å²) in [5.41, 5.74) is 2.82. The van der Waals surface area contributed by atoms with Gasteiger partial charge in [-0.15, -0.1) is 0 Å². The quantitative estimate of drug-likeness (QED) is 0.273. The van der Waals surface area contributed by atoms with E-state index in [-0.39, 0.29) is 0 Å². The number of benzene rings is 5. The van der Waals surface area contributed by atoms with Gasteiger partial charge in [0.15, 0.2) is 0 Å². The van der Waals surface area contributed by atoms with Crippen molar-refractivity contribution in [3.8, 4) is 0 Å². The Labute approximate surface area is 146 Å². The predicted octanol–water partition coefficient (Wildman–Crippen LogP) is 6.87. The third-order valence-corrected chi connectivity index (χ3v) is 5.56. The Bertz CT molecular complexity index is 1350. The maximum atomic E-state index is 2.39. The topological polar surface area (TPSA) is 0 Å². The molecule has 0 saturated heterocycles. The summed E-state index contributed by atoms with van der Waals surface area (Å²) in [6.07, 6.45) is 5.57. The minimum Gasteiger partial charge on any atom is -0.0795 e. The molecule has 0 spiro atoms. The van der Waals surface area contributed by atoms with Gasteiger partial charge in [0, 0.05) is 0 Å². The highest BCUT2D eigenvalue weighted by Crippen LogP contribution is 2.37. The Kier molecular flexibility index (Phi) is 2.48. The third-order valence-electron chi connectivity index (χ3n) is 5.56. The van der Waals surface area contributed by atoms with Gasteiger partial charge in [0.2, 0.25) is 0 Å². The molecule has 0 aliphatic heterocycles. The molecule has 0 heteroatoms. The first kappa shape index (κ1) is 13.2. The second-order valence-electron chi connectivity index (χ2n) is 7.03. The Morgan fingerprint density at radius 3 is 2.08 bits per heavy atom. The summed E-state index contributed by atoms with van der Waals surface area (Å²) >= 11 is 0. The lowest BCUT2D eigenvalue weighted by Gasteiger charge is -2.16. The fourth-order valence-electron chi connectivity index (χ4n) is 4.40. The molecule has 25 heavy (non-hydrogen) atoms. The maximum absolute atomic E-state index is 2.39. The van der Waals surface area contributed by atoms with Crippen LogP contribution in [-0.2, 0) is 6.42 Å². The van der Waals surface area contributed by atoms with Gasteiger partial charge >= 0.3 is 0 Å². The van der Waals surface area contributed by atoms with E-state index < -0.39 is 0 Å². The number of allylic oxidation sites excluding steroid dienone is 1. The Hall–Kier alpha value is -3.12. The molecule has 0 amide bonds. The van der Waals surface area contributed by atoms with E-state index in [9.17, 15) is 0 Å². The molecule has 0 fully saturated rings. The van der Waals surface area contributed by atoms with E-state index in [1.807, 2.05) is 0 Å². The van der Waals surface area contributed by atoms with Crippen LogP contribution in [0.2, 0.25) is 0 Å². The van der Waals surface area contributed by atoms with Crippen molar-refractivity contribution in [3.05, 3.63) is 90.0 Å². The highest BCUT2D eigenvalue weighted by molar-refractivity contribution is 6.12. The molecule has 5 aromatic carbocycles. The number of hydrogen-bond donors (Lipinski definition) is 0. The predicted molar refractivity (Wildman–Crippen MR) is 109 cm³/mol.